The number of likely N-dealkylation sites (N-methyl/N-ethyl adjacent to an activating group) is 1. The van der Waals surface area contributed by atoms with E-state index in [1.807, 2.05) is 32.2 Å². The van der Waals surface area contributed by atoms with Crippen molar-refractivity contribution in [1.29, 1.82) is 0 Å². The van der Waals surface area contributed by atoms with E-state index in [0.717, 1.165) is 31.6 Å². The van der Waals surface area contributed by atoms with Crippen LogP contribution in [0.1, 0.15) is 25.5 Å². The van der Waals surface area contributed by atoms with Gasteiger partial charge in [0.1, 0.15) is 0 Å². The highest BCUT2D eigenvalue weighted by atomic mass is 16.1. The number of carbonyl (C=O) groups excluding carboxylic acids is 1. The minimum Gasteiger partial charge on any atom is -0.356 e. The van der Waals surface area contributed by atoms with Crippen molar-refractivity contribution in [2.24, 2.45) is 5.73 Å². The molecule has 0 aliphatic heterocycles. The lowest BCUT2D eigenvalue weighted by Crippen LogP contribution is -2.42. The fourth-order valence-electron chi connectivity index (χ4n) is 1.99. The van der Waals surface area contributed by atoms with Gasteiger partial charge in [-0.2, -0.15) is 0 Å². The van der Waals surface area contributed by atoms with Crippen molar-refractivity contribution in [2.75, 3.05) is 26.7 Å². The van der Waals surface area contributed by atoms with E-state index in [9.17, 15) is 4.79 Å². The number of nitrogens with one attached hydrogen (secondary N) is 1. The topological polar surface area (TPSA) is 71.2 Å². The first-order chi connectivity index (χ1) is 9.67. The lowest BCUT2D eigenvalue weighted by Gasteiger charge is -2.26. The van der Waals surface area contributed by atoms with Crippen LogP contribution in [0.2, 0.25) is 0 Å². The minimum atomic E-state index is 0.0759. The maximum atomic E-state index is 11.7. The van der Waals surface area contributed by atoms with E-state index < -0.39 is 0 Å². The summed E-state index contributed by atoms with van der Waals surface area (Å²) in [6, 6.07) is 5.99. The molecule has 0 spiro atoms. The number of hydrogen-bond donors (Lipinski definition) is 2. The molecule has 0 saturated heterocycles. The van der Waals surface area contributed by atoms with Crippen LogP contribution in [0.4, 0.5) is 0 Å². The number of pyridine rings is 1. The van der Waals surface area contributed by atoms with Crippen LogP contribution in [0.5, 0.6) is 0 Å². The van der Waals surface area contributed by atoms with Crippen molar-refractivity contribution < 1.29 is 4.79 Å². The molecule has 3 N–H and O–H groups in total. The van der Waals surface area contributed by atoms with Crippen LogP contribution in [-0.4, -0.2) is 48.5 Å². The molecule has 0 bridgehead atoms. The molecule has 5 heteroatoms. The maximum Gasteiger partial charge on any atom is 0.221 e. The van der Waals surface area contributed by atoms with E-state index in [0.29, 0.717) is 13.0 Å². The first kappa shape index (κ1) is 16.6. The third-order valence-corrected chi connectivity index (χ3v) is 3.34. The smallest absolute Gasteiger partial charge is 0.221 e. The Morgan fingerprint density at radius 2 is 2.30 bits per heavy atom. The fourth-order valence-corrected chi connectivity index (χ4v) is 1.99. The van der Waals surface area contributed by atoms with Crippen molar-refractivity contribution in [2.45, 2.75) is 32.2 Å². The zero-order chi connectivity index (χ0) is 14.8. The lowest BCUT2D eigenvalue weighted by molar-refractivity contribution is -0.122. The molecule has 112 valence electrons. The van der Waals surface area contributed by atoms with Crippen molar-refractivity contribution in [3.8, 4) is 0 Å². The SMILES string of the molecule is CCCNC(=O)CC(CN)N(C)CCc1ccccn1. The Morgan fingerprint density at radius 3 is 2.90 bits per heavy atom. The summed E-state index contributed by atoms with van der Waals surface area (Å²) in [7, 11) is 2.01. The molecule has 0 fully saturated rings. The highest BCUT2D eigenvalue weighted by Gasteiger charge is 2.16. The Hall–Kier alpha value is -1.46. The third kappa shape index (κ3) is 6.12. The zero-order valence-corrected chi connectivity index (χ0v) is 12.5. The Kier molecular flexibility index (Phi) is 7.84. The van der Waals surface area contributed by atoms with Gasteiger partial charge in [0.15, 0.2) is 0 Å². The van der Waals surface area contributed by atoms with Crippen molar-refractivity contribution >= 4 is 5.91 Å². The van der Waals surface area contributed by atoms with Gasteiger partial charge >= 0.3 is 0 Å². The monoisotopic (exact) mass is 278 g/mol. The molecule has 5 nitrogen and oxygen atoms in total. The van der Waals surface area contributed by atoms with E-state index in [4.69, 9.17) is 5.73 Å². The van der Waals surface area contributed by atoms with Gasteiger partial charge in [-0.1, -0.05) is 13.0 Å². The molecule has 0 aromatic carbocycles. The van der Waals surface area contributed by atoms with Gasteiger partial charge in [-0.05, 0) is 25.6 Å². The highest BCUT2D eigenvalue weighted by molar-refractivity contribution is 5.76. The number of amides is 1. The van der Waals surface area contributed by atoms with Gasteiger partial charge in [-0.15, -0.1) is 0 Å². The second-order valence-electron chi connectivity index (χ2n) is 5.00. The molecule has 1 amide bonds. The van der Waals surface area contributed by atoms with Crippen molar-refractivity contribution in [1.82, 2.24) is 15.2 Å². The Labute approximate surface area is 121 Å². The predicted molar refractivity (Wildman–Crippen MR) is 81.3 cm³/mol. The molecule has 1 aromatic heterocycles. The van der Waals surface area contributed by atoms with Crippen LogP contribution in [-0.2, 0) is 11.2 Å². The van der Waals surface area contributed by atoms with Crippen LogP contribution in [0.25, 0.3) is 0 Å². The van der Waals surface area contributed by atoms with Gasteiger partial charge in [-0.3, -0.25) is 9.78 Å². The summed E-state index contributed by atoms with van der Waals surface area (Å²) in [5, 5.41) is 2.89. The molecule has 0 aliphatic carbocycles. The first-order valence-electron chi connectivity index (χ1n) is 7.24. The molecule has 1 unspecified atom stereocenters. The summed E-state index contributed by atoms with van der Waals surface area (Å²) >= 11 is 0. The van der Waals surface area contributed by atoms with Gasteiger partial charge in [0.2, 0.25) is 5.91 Å². The van der Waals surface area contributed by atoms with Crippen LogP contribution in [0.3, 0.4) is 0 Å². The highest BCUT2D eigenvalue weighted by Crippen LogP contribution is 2.03. The van der Waals surface area contributed by atoms with Crippen LogP contribution >= 0.6 is 0 Å². The largest absolute Gasteiger partial charge is 0.356 e. The van der Waals surface area contributed by atoms with E-state index >= 15 is 0 Å². The summed E-state index contributed by atoms with van der Waals surface area (Å²) in [6.07, 6.45) is 4.07. The molecule has 20 heavy (non-hydrogen) atoms. The maximum absolute atomic E-state index is 11.7. The Bertz CT molecular complexity index is 383. The average molecular weight is 278 g/mol. The number of carbonyl (C=O) groups is 1. The van der Waals surface area contributed by atoms with Gasteiger partial charge in [0, 0.05) is 50.4 Å². The minimum absolute atomic E-state index is 0.0759. The number of aromatic nitrogens is 1. The summed E-state index contributed by atoms with van der Waals surface area (Å²) < 4.78 is 0. The van der Waals surface area contributed by atoms with Gasteiger partial charge in [0.05, 0.1) is 0 Å². The Balaban J connectivity index is 2.38. The molecular formula is C15H26N4O. The lowest BCUT2D eigenvalue weighted by atomic mass is 10.1. The first-order valence-corrected chi connectivity index (χ1v) is 7.24. The summed E-state index contributed by atoms with van der Waals surface area (Å²) in [5.74, 6) is 0.0759. The van der Waals surface area contributed by atoms with Crippen LogP contribution in [0, 0.1) is 0 Å². The second kappa shape index (κ2) is 9.44. The second-order valence-corrected chi connectivity index (χ2v) is 5.00. The standard InChI is InChI=1S/C15H26N4O/c1-3-8-18-15(20)11-14(12-16)19(2)10-7-13-6-4-5-9-17-13/h4-6,9,14H,3,7-8,10-12,16H2,1-2H3,(H,18,20). The number of hydrogen-bond acceptors (Lipinski definition) is 4. The fraction of sp³-hybridized carbons (Fsp3) is 0.600. The average Bonchev–Trinajstić information content (AvgIpc) is 2.49. The molecule has 1 atom stereocenters. The number of nitrogens with zero attached hydrogens (tertiary/aromatic N) is 2. The van der Waals surface area contributed by atoms with Crippen LogP contribution in [0.15, 0.2) is 24.4 Å². The molecule has 0 aliphatic rings. The van der Waals surface area contributed by atoms with Crippen LogP contribution < -0.4 is 11.1 Å². The van der Waals surface area contributed by atoms with Gasteiger partial charge in [0.25, 0.3) is 0 Å². The molecule has 0 radical (unpaired) electrons. The predicted octanol–water partition coefficient (Wildman–Crippen LogP) is 0.800. The molecule has 1 rings (SSSR count). The summed E-state index contributed by atoms with van der Waals surface area (Å²) in [4.78, 5) is 18.2. The van der Waals surface area contributed by atoms with E-state index in [-0.39, 0.29) is 11.9 Å². The van der Waals surface area contributed by atoms with E-state index in [2.05, 4.69) is 15.2 Å². The quantitative estimate of drug-likeness (QED) is 0.701. The van der Waals surface area contributed by atoms with Crippen molar-refractivity contribution in [3.05, 3.63) is 30.1 Å². The normalized spacial score (nSPS) is 12.4. The number of rotatable bonds is 9. The third-order valence-electron chi connectivity index (χ3n) is 3.34. The van der Waals surface area contributed by atoms with E-state index in [1.165, 1.54) is 0 Å². The van der Waals surface area contributed by atoms with Gasteiger partial charge in [-0.25, -0.2) is 0 Å². The summed E-state index contributed by atoms with van der Waals surface area (Å²) in [5.41, 5.74) is 6.84. The summed E-state index contributed by atoms with van der Waals surface area (Å²) in [6.45, 7) is 4.10. The zero-order valence-electron chi connectivity index (χ0n) is 12.5. The van der Waals surface area contributed by atoms with Gasteiger partial charge < -0.3 is 16.0 Å². The molecular weight excluding hydrogens is 252 g/mol. The van der Waals surface area contributed by atoms with Crippen molar-refractivity contribution in [3.63, 3.8) is 0 Å². The molecule has 1 aromatic rings. The molecule has 1 heterocycles. The Morgan fingerprint density at radius 1 is 1.50 bits per heavy atom. The van der Waals surface area contributed by atoms with E-state index in [1.54, 1.807) is 6.20 Å². The number of nitrogens with two attached hydrogens (primary N) is 1. The molecule has 0 saturated carbocycles.